The number of anilines is 1. The van der Waals surface area contributed by atoms with Gasteiger partial charge in [0, 0.05) is 31.6 Å². The van der Waals surface area contributed by atoms with E-state index < -0.39 is 12.7 Å². The Morgan fingerprint density at radius 2 is 1.97 bits per heavy atom. The zero-order chi connectivity index (χ0) is 24.2. The van der Waals surface area contributed by atoms with E-state index in [-0.39, 0.29) is 29.2 Å². The van der Waals surface area contributed by atoms with E-state index in [2.05, 4.69) is 10.1 Å². The number of nitrogens with zero attached hydrogens (tertiary/aromatic N) is 1. The molecule has 9 heteroatoms. The van der Waals surface area contributed by atoms with Crippen molar-refractivity contribution in [2.75, 3.05) is 18.5 Å². The van der Waals surface area contributed by atoms with Gasteiger partial charge in [0.2, 0.25) is 11.8 Å². The lowest BCUT2D eigenvalue weighted by Crippen LogP contribution is -2.42. The van der Waals surface area contributed by atoms with Gasteiger partial charge in [0.05, 0.1) is 6.61 Å². The second-order valence-electron chi connectivity index (χ2n) is 8.85. The molecule has 2 fully saturated rings. The van der Waals surface area contributed by atoms with Crippen LogP contribution >= 0.6 is 0 Å². The fourth-order valence-corrected chi connectivity index (χ4v) is 4.25. The molecule has 0 radical (unpaired) electrons. The van der Waals surface area contributed by atoms with E-state index in [4.69, 9.17) is 10.5 Å². The van der Waals surface area contributed by atoms with Crippen molar-refractivity contribution in [2.24, 2.45) is 11.7 Å². The molecule has 4 rings (SSSR count). The number of halogens is 2. The Balaban J connectivity index is 1.52. The number of benzene rings is 2. The van der Waals surface area contributed by atoms with Gasteiger partial charge in [-0.2, -0.15) is 8.78 Å². The largest absolute Gasteiger partial charge is 0.489 e. The molecule has 2 aliphatic rings. The third-order valence-electron chi connectivity index (χ3n) is 6.27. The van der Waals surface area contributed by atoms with Crippen molar-refractivity contribution in [1.29, 1.82) is 0 Å². The second kappa shape index (κ2) is 10.4. The quantitative estimate of drug-likeness (QED) is 0.577. The minimum atomic E-state index is -2.96. The standard InChI is InChI=1S/C25H29F2N3O4/c1-15(31)30-13-19(10-21(30)24(32)29-20-4-2-3-17(9-20)12-28)18-7-8-22(34-25(26)27)23(11-18)33-14-16-5-6-16/h2-4,7-9,11,16,19,21,25H,5-6,10,12-14,28H2,1H3,(H,29,32)/t19?,21-/m1/s1. The van der Waals surface area contributed by atoms with Crippen molar-refractivity contribution in [3.05, 3.63) is 53.6 Å². The minimum absolute atomic E-state index is 0.0186. The first-order chi connectivity index (χ1) is 16.3. The van der Waals surface area contributed by atoms with Gasteiger partial charge >= 0.3 is 6.61 Å². The first-order valence-electron chi connectivity index (χ1n) is 11.4. The van der Waals surface area contributed by atoms with Crippen LogP contribution in [0.3, 0.4) is 0 Å². The molecule has 1 aliphatic carbocycles. The molecule has 34 heavy (non-hydrogen) atoms. The molecule has 182 valence electrons. The third kappa shape index (κ3) is 5.83. The summed E-state index contributed by atoms with van der Waals surface area (Å²) in [6.45, 7) is -0.389. The average molecular weight is 474 g/mol. The first kappa shape index (κ1) is 23.9. The number of carbonyl (C=O) groups excluding carboxylic acids is 2. The molecule has 1 saturated carbocycles. The number of nitrogens with two attached hydrogens (primary N) is 1. The highest BCUT2D eigenvalue weighted by Crippen LogP contribution is 2.39. The molecular formula is C25H29F2N3O4. The van der Waals surface area contributed by atoms with Crippen molar-refractivity contribution >= 4 is 17.5 Å². The molecular weight excluding hydrogens is 444 g/mol. The zero-order valence-electron chi connectivity index (χ0n) is 19.0. The third-order valence-corrected chi connectivity index (χ3v) is 6.27. The van der Waals surface area contributed by atoms with Gasteiger partial charge in [-0.3, -0.25) is 9.59 Å². The summed E-state index contributed by atoms with van der Waals surface area (Å²) >= 11 is 0. The van der Waals surface area contributed by atoms with Crippen LogP contribution in [0.5, 0.6) is 11.5 Å². The van der Waals surface area contributed by atoms with E-state index in [1.807, 2.05) is 12.1 Å². The van der Waals surface area contributed by atoms with Gasteiger partial charge in [-0.25, -0.2) is 0 Å². The normalized spacial score (nSPS) is 19.9. The molecule has 1 aliphatic heterocycles. The lowest BCUT2D eigenvalue weighted by atomic mass is 9.95. The number of hydrogen-bond donors (Lipinski definition) is 2. The Kier molecular flexibility index (Phi) is 7.31. The zero-order valence-corrected chi connectivity index (χ0v) is 19.0. The topological polar surface area (TPSA) is 93.9 Å². The molecule has 2 aromatic rings. The monoisotopic (exact) mass is 473 g/mol. The molecule has 1 saturated heterocycles. The summed E-state index contributed by atoms with van der Waals surface area (Å²) in [4.78, 5) is 26.9. The Morgan fingerprint density at radius 3 is 2.65 bits per heavy atom. The smallest absolute Gasteiger partial charge is 0.387 e. The SMILES string of the molecule is CC(=O)N1CC(c2ccc(OC(F)F)c(OCC3CC3)c2)C[C@@H]1C(=O)Nc1cccc(CN)c1. The Morgan fingerprint density at radius 1 is 1.18 bits per heavy atom. The number of carbonyl (C=O) groups is 2. The van der Waals surface area contributed by atoms with Crippen LogP contribution in [0.2, 0.25) is 0 Å². The molecule has 2 aromatic carbocycles. The summed E-state index contributed by atoms with van der Waals surface area (Å²) in [7, 11) is 0. The Labute approximate surface area is 197 Å². The molecule has 1 heterocycles. The molecule has 1 unspecified atom stereocenters. The van der Waals surface area contributed by atoms with Crippen LogP contribution in [0.1, 0.15) is 43.2 Å². The summed E-state index contributed by atoms with van der Waals surface area (Å²) in [5.41, 5.74) is 7.98. The fourth-order valence-electron chi connectivity index (χ4n) is 4.25. The number of amides is 2. The number of likely N-dealkylation sites (tertiary alicyclic amines) is 1. The van der Waals surface area contributed by atoms with Crippen LogP contribution in [0.25, 0.3) is 0 Å². The summed E-state index contributed by atoms with van der Waals surface area (Å²) in [5, 5.41) is 2.88. The van der Waals surface area contributed by atoms with Crippen LogP contribution in [0.15, 0.2) is 42.5 Å². The maximum Gasteiger partial charge on any atom is 0.387 e. The lowest BCUT2D eigenvalue weighted by molar-refractivity contribution is -0.134. The van der Waals surface area contributed by atoms with Gasteiger partial charge in [-0.05, 0) is 60.6 Å². The lowest BCUT2D eigenvalue weighted by Gasteiger charge is -2.22. The number of hydrogen-bond acceptors (Lipinski definition) is 5. The summed E-state index contributed by atoms with van der Waals surface area (Å²) in [6.07, 6.45) is 2.52. The van der Waals surface area contributed by atoms with Crippen LogP contribution in [0.4, 0.5) is 14.5 Å². The highest BCUT2D eigenvalue weighted by Gasteiger charge is 2.39. The van der Waals surface area contributed by atoms with Crippen LogP contribution < -0.4 is 20.5 Å². The van der Waals surface area contributed by atoms with Crippen LogP contribution in [-0.4, -0.2) is 42.5 Å². The van der Waals surface area contributed by atoms with Gasteiger partial charge in [0.15, 0.2) is 11.5 Å². The van der Waals surface area contributed by atoms with E-state index in [9.17, 15) is 18.4 Å². The molecule has 0 bridgehead atoms. The summed E-state index contributed by atoms with van der Waals surface area (Å²) in [6, 6.07) is 11.4. The molecule has 0 spiro atoms. The maximum atomic E-state index is 13.1. The van der Waals surface area contributed by atoms with Crippen molar-refractivity contribution in [1.82, 2.24) is 4.90 Å². The predicted molar refractivity (Wildman–Crippen MR) is 123 cm³/mol. The molecule has 3 N–H and O–H groups in total. The molecule has 2 atom stereocenters. The van der Waals surface area contributed by atoms with Gasteiger partial charge in [-0.15, -0.1) is 0 Å². The Bertz CT molecular complexity index is 1040. The molecule has 2 amide bonds. The van der Waals surface area contributed by atoms with Crippen molar-refractivity contribution in [3.8, 4) is 11.5 Å². The second-order valence-corrected chi connectivity index (χ2v) is 8.85. The average Bonchev–Trinajstić information content (AvgIpc) is 3.53. The number of alkyl halides is 2. The van der Waals surface area contributed by atoms with E-state index in [0.29, 0.717) is 37.7 Å². The number of rotatable bonds is 9. The van der Waals surface area contributed by atoms with E-state index in [0.717, 1.165) is 24.0 Å². The van der Waals surface area contributed by atoms with Gasteiger partial charge in [-0.1, -0.05) is 18.2 Å². The van der Waals surface area contributed by atoms with Gasteiger partial charge in [0.25, 0.3) is 0 Å². The van der Waals surface area contributed by atoms with E-state index in [1.165, 1.54) is 13.0 Å². The molecule has 0 aromatic heterocycles. The first-order valence-corrected chi connectivity index (χ1v) is 11.4. The van der Waals surface area contributed by atoms with E-state index in [1.54, 1.807) is 29.2 Å². The fraction of sp³-hybridized carbons (Fsp3) is 0.440. The van der Waals surface area contributed by atoms with Crippen molar-refractivity contribution in [3.63, 3.8) is 0 Å². The highest BCUT2D eigenvalue weighted by molar-refractivity contribution is 5.97. The maximum absolute atomic E-state index is 13.1. The molecule has 7 nitrogen and oxygen atoms in total. The number of ether oxygens (including phenoxy) is 2. The van der Waals surface area contributed by atoms with Crippen molar-refractivity contribution in [2.45, 2.75) is 51.3 Å². The van der Waals surface area contributed by atoms with Gasteiger partial charge in [0.1, 0.15) is 6.04 Å². The summed E-state index contributed by atoms with van der Waals surface area (Å²) < 4.78 is 36.1. The Hall–Kier alpha value is -3.20. The number of nitrogens with one attached hydrogen (secondary N) is 1. The predicted octanol–water partition coefficient (Wildman–Crippen LogP) is 3.88. The summed E-state index contributed by atoms with van der Waals surface area (Å²) in [5.74, 6) is 0.0314. The highest BCUT2D eigenvalue weighted by atomic mass is 19.3. The van der Waals surface area contributed by atoms with E-state index >= 15 is 0 Å². The van der Waals surface area contributed by atoms with Crippen molar-refractivity contribution < 1.29 is 27.8 Å². The van der Waals surface area contributed by atoms with Gasteiger partial charge < -0.3 is 25.4 Å². The van der Waals surface area contributed by atoms with Crippen LogP contribution in [0, 0.1) is 5.92 Å². The van der Waals surface area contributed by atoms with Crippen LogP contribution in [-0.2, 0) is 16.1 Å². The minimum Gasteiger partial charge on any atom is -0.489 e.